The summed E-state index contributed by atoms with van der Waals surface area (Å²) < 4.78 is 0. The van der Waals surface area contributed by atoms with Crippen molar-refractivity contribution in [1.29, 1.82) is 0 Å². The molecule has 1 aromatic carbocycles. The molecule has 0 unspecified atom stereocenters. The molecule has 0 heterocycles. The van der Waals surface area contributed by atoms with Gasteiger partial charge in [-0.1, -0.05) is 30.5 Å². The van der Waals surface area contributed by atoms with Crippen molar-refractivity contribution in [1.82, 2.24) is 0 Å². The lowest BCUT2D eigenvalue weighted by atomic mass is 9.94. The molecule has 1 aliphatic rings. The number of benzene rings is 1. The summed E-state index contributed by atoms with van der Waals surface area (Å²) in [6.07, 6.45) is 4.52. The van der Waals surface area contributed by atoms with Crippen LogP contribution in [0.1, 0.15) is 37.7 Å². The van der Waals surface area contributed by atoms with E-state index in [9.17, 15) is 4.79 Å². The number of rotatable bonds is 3. The number of nitrogens with two attached hydrogens (primary N) is 1. The van der Waals surface area contributed by atoms with Gasteiger partial charge in [-0.3, -0.25) is 4.79 Å². The van der Waals surface area contributed by atoms with E-state index < -0.39 is 0 Å². The second-order valence-electron chi connectivity index (χ2n) is 5.25. The number of hydrogen-bond donors (Lipinski definition) is 2. The van der Waals surface area contributed by atoms with E-state index in [1.807, 2.05) is 19.1 Å². The van der Waals surface area contributed by atoms with Gasteiger partial charge in [0.2, 0.25) is 5.91 Å². The van der Waals surface area contributed by atoms with Crippen LogP contribution >= 0.6 is 11.6 Å². The van der Waals surface area contributed by atoms with Gasteiger partial charge >= 0.3 is 0 Å². The van der Waals surface area contributed by atoms with E-state index in [1.165, 1.54) is 0 Å². The van der Waals surface area contributed by atoms with Crippen molar-refractivity contribution in [2.24, 2.45) is 5.73 Å². The Morgan fingerprint density at radius 3 is 2.78 bits per heavy atom. The predicted molar refractivity (Wildman–Crippen MR) is 74.8 cm³/mol. The number of nitrogens with one attached hydrogen (secondary N) is 1. The summed E-state index contributed by atoms with van der Waals surface area (Å²) in [5, 5.41) is 3.52. The maximum atomic E-state index is 12.0. The Morgan fingerprint density at radius 2 is 2.11 bits per heavy atom. The summed E-state index contributed by atoms with van der Waals surface area (Å²) >= 11 is 5.92. The Hall–Kier alpha value is -1.06. The molecule has 2 rings (SSSR count). The third-order valence-electron chi connectivity index (χ3n) is 3.59. The zero-order valence-corrected chi connectivity index (χ0v) is 11.4. The molecule has 1 fully saturated rings. The summed E-state index contributed by atoms with van der Waals surface area (Å²) in [6, 6.07) is 5.48. The maximum Gasteiger partial charge on any atom is 0.226 e. The van der Waals surface area contributed by atoms with Crippen molar-refractivity contribution >= 4 is 23.2 Å². The molecular weight excluding hydrogens is 248 g/mol. The largest absolute Gasteiger partial charge is 0.326 e. The number of halogens is 1. The van der Waals surface area contributed by atoms with Crippen LogP contribution in [0.5, 0.6) is 0 Å². The zero-order chi connectivity index (χ0) is 13.2. The van der Waals surface area contributed by atoms with Gasteiger partial charge in [-0.05, 0) is 37.5 Å². The predicted octanol–water partition coefficient (Wildman–Crippen LogP) is 3.25. The van der Waals surface area contributed by atoms with Crippen molar-refractivity contribution in [2.45, 2.75) is 44.6 Å². The van der Waals surface area contributed by atoms with E-state index in [4.69, 9.17) is 17.3 Å². The van der Waals surface area contributed by atoms with Crippen LogP contribution in [0.2, 0.25) is 5.02 Å². The first-order valence-electron chi connectivity index (χ1n) is 6.33. The Kier molecular flexibility index (Phi) is 3.93. The third-order valence-corrected chi connectivity index (χ3v) is 3.82. The molecule has 3 nitrogen and oxygen atoms in total. The van der Waals surface area contributed by atoms with E-state index >= 15 is 0 Å². The minimum absolute atomic E-state index is 0.0234. The summed E-state index contributed by atoms with van der Waals surface area (Å²) in [4.78, 5) is 12.0. The van der Waals surface area contributed by atoms with E-state index in [1.54, 1.807) is 6.07 Å². The van der Waals surface area contributed by atoms with Crippen LogP contribution in [0.15, 0.2) is 18.2 Å². The molecule has 0 saturated heterocycles. The molecule has 4 heteroatoms. The van der Waals surface area contributed by atoms with Crippen molar-refractivity contribution in [3.63, 3.8) is 0 Å². The average molecular weight is 267 g/mol. The average Bonchev–Trinajstić information content (AvgIpc) is 2.70. The minimum atomic E-state index is -0.309. The first-order valence-corrected chi connectivity index (χ1v) is 6.71. The molecule has 0 radical (unpaired) electrons. The fraction of sp³-hybridized carbons (Fsp3) is 0.500. The Bertz CT molecular complexity index is 453. The summed E-state index contributed by atoms with van der Waals surface area (Å²) in [7, 11) is 0. The van der Waals surface area contributed by atoms with Gasteiger partial charge in [0.05, 0.1) is 0 Å². The van der Waals surface area contributed by atoms with Gasteiger partial charge in [0.1, 0.15) is 0 Å². The van der Waals surface area contributed by atoms with Gasteiger partial charge in [-0.2, -0.15) is 0 Å². The molecule has 1 aromatic rings. The molecule has 18 heavy (non-hydrogen) atoms. The Labute approximate surface area is 113 Å². The van der Waals surface area contributed by atoms with Crippen molar-refractivity contribution in [3.8, 4) is 0 Å². The standard InChI is InChI=1S/C14H19ClN2O/c1-10-4-5-11(15)8-12(10)17-13(18)9-14(16)6-2-3-7-14/h4-5,8H,2-3,6-7,9,16H2,1H3,(H,17,18). The van der Waals surface area contributed by atoms with Crippen molar-refractivity contribution < 1.29 is 4.79 Å². The van der Waals surface area contributed by atoms with Crippen LogP contribution in [-0.2, 0) is 4.79 Å². The van der Waals surface area contributed by atoms with E-state index in [2.05, 4.69) is 5.32 Å². The fourth-order valence-corrected chi connectivity index (χ4v) is 2.67. The van der Waals surface area contributed by atoms with E-state index in [-0.39, 0.29) is 11.4 Å². The van der Waals surface area contributed by atoms with Crippen LogP contribution in [0.3, 0.4) is 0 Å². The fourth-order valence-electron chi connectivity index (χ4n) is 2.50. The van der Waals surface area contributed by atoms with Gasteiger partial charge < -0.3 is 11.1 Å². The first-order chi connectivity index (χ1) is 8.48. The lowest BCUT2D eigenvalue weighted by Crippen LogP contribution is -2.40. The van der Waals surface area contributed by atoms with Crippen molar-refractivity contribution in [2.75, 3.05) is 5.32 Å². The van der Waals surface area contributed by atoms with Crippen LogP contribution < -0.4 is 11.1 Å². The second kappa shape index (κ2) is 5.29. The number of anilines is 1. The third kappa shape index (κ3) is 3.24. The molecule has 0 aromatic heterocycles. The van der Waals surface area contributed by atoms with Crippen LogP contribution in [0.25, 0.3) is 0 Å². The monoisotopic (exact) mass is 266 g/mol. The second-order valence-corrected chi connectivity index (χ2v) is 5.69. The van der Waals surface area contributed by atoms with E-state index in [0.29, 0.717) is 11.4 Å². The van der Waals surface area contributed by atoms with Crippen LogP contribution in [0, 0.1) is 6.92 Å². The van der Waals surface area contributed by atoms with Crippen LogP contribution in [-0.4, -0.2) is 11.4 Å². The van der Waals surface area contributed by atoms with Gasteiger partial charge in [-0.15, -0.1) is 0 Å². The number of carbonyl (C=O) groups excluding carboxylic acids is 1. The smallest absolute Gasteiger partial charge is 0.226 e. The highest BCUT2D eigenvalue weighted by Gasteiger charge is 2.31. The summed E-state index contributed by atoms with van der Waals surface area (Å²) in [6.45, 7) is 1.94. The molecule has 1 saturated carbocycles. The molecule has 98 valence electrons. The van der Waals surface area contributed by atoms with Crippen molar-refractivity contribution in [3.05, 3.63) is 28.8 Å². The molecule has 0 atom stereocenters. The normalized spacial score (nSPS) is 17.7. The van der Waals surface area contributed by atoms with E-state index in [0.717, 1.165) is 36.9 Å². The molecule has 1 aliphatic carbocycles. The van der Waals surface area contributed by atoms with Gasteiger partial charge in [0, 0.05) is 22.7 Å². The molecule has 0 spiro atoms. The number of carbonyl (C=O) groups is 1. The first kappa shape index (κ1) is 13.4. The zero-order valence-electron chi connectivity index (χ0n) is 10.6. The lowest BCUT2D eigenvalue weighted by molar-refractivity contribution is -0.117. The highest BCUT2D eigenvalue weighted by molar-refractivity contribution is 6.31. The summed E-state index contributed by atoms with van der Waals surface area (Å²) in [5.74, 6) is -0.0234. The number of hydrogen-bond acceptors (Lipinski definition) is 2. The molecule has 0 aliphatic heterocycles. The Balaban J connectivity index is 2.00. The maximum absolute atomic E-state index is 12.0. The van der Waals surface area contributed by atoms with Gasteiger partial charge in [0.15, 0.2) is 0 Å². The van der Waals surface area contributed by atoms with Crippen LogP contribution in [0.4, 0.5) is 5.69 Å². The van der Waals surface area contributed by atoms with Gasteiger partial charge in [-0.25, -0.2) is 0 Å². The quantitative estimate of drug-likeness (QED) is 0.882. The molecule has 3 N–H and O–H groups in total. The Morgan fingerprint density at radius 1 is 1.44 bits per heavy atom. The topological polar surface area (TPSA) is 55.1 Å². The molecule has 1 amide bonds. The highest BCUT2D eigenvalue weighted by Crippen LogP contribution is 2.30. The minimum Gasteiger partial charge on any atom is -0.326 e. The SMILES string of the molecule is Cc1ccc(Cl)cc1NC(=O)CC1(N)CCCC1. The molecule has 0 bridgehead atoms. The number of amides is 1. The lowest BCUT2D eigenvalue weighted by Gasteiger charge is -2.22. The number of aryl methyl sites for hydroxylation is 1. The molecular formula is C14H19ClN2O. The van der Waals surface area contributed by atoms with Gasteiger partial charge in [0.25, 0.3) is 0 Å². The highest BCUT2D eigenvalue weighted by atomic mass is 35.5. The summed E-state index contributed by atoms with van der Waals surface area (Å²) in [5.41, 5.74) is 7.66.